The molecule has 0 N–H and O–H groups in total. The molecule has 0 saturated carbocycles. The van der Waals surface area contributed by atoms with Crippen LogP contribution < -0.4 is 9.64 Å². The van der Waals surface area contributed by atoms with Crippen molar-refractivity contribution in [1.29, 1.82) is 0 Å². The molecule has 3 aromatic carbocycles. The van der Waals surface area contributed by atoms with Crippen LogP contribution in [0.25, 0.3) is 21.8 Å². The second kappa shape index (κ2) is 5.60. The zero-order chi connectivity index (χ0) is 18.5. The summed E-state index contributed by atoms with van der Waals surface area (Å²) in [4.78, 5) is 35.8. The number of carbonyl (C=O) groups excluding carboxylic acids is 2. The Kier molecular flexibility index (Phi) is 3.21. The van der Waals surface area contributed by atoms with Crippen molar-refractivity contribution < 1.29 is 14.3 Å². The number of fused-ring (bicyclic) bond motifs is 4. The van der Waals surface area contributed by atoms with E-state index >= 15 is 0 Å². The maximum Gasteiger partial charge on any atom is 0.286 e. The lowest BCUT2D eigenvalue weighted by atomic mass is 10.1. The fourth-order valence-corrected chi connectivity index (χ4v) is 3.36. The van der Waals surface area contributed by atoms with Gasteiger partial charge in [-0.05, 0) is 35.7 Å². The monoisotopic (exact) mass is 355 g/mol. The average molecular weight is 355 g/mol. The number of benzene rings is 3. The summed E-state index contributed by atoms with van der Waals surface area (Å²) in [7, 11) is 1.56. The predicted octanol–water partition coefficient (Wildman–Crippen LogP) is 3.59. The quantitative estimate of drug-likeness (QED) is 0.406. The molecule has 27 heavy (non-hydrogen) atoms. The molecule has 0 unspecified atom stereocenters. The summed E-state index contributed by atoms with van der Waals surface area (Å²) >= 11 is 0. The van der Waals surface area contributed by atoms with Crippen molar-refractivity contribution >= 4 is 39.3 Å². The van der Waals surface area contributed by atoms with E-state index in [9.17, 15) is 9.59 Å². The molecule has 6 nitrogen and oxygen atoms in total. The lowest BCUT2D eigenvalue weighted by Crippen LogP contribution is -2.29. The van der Waals surface area contributed by atoms with Crippen molar-refractivity contribution in [2.75, 3.05) is 12.0 Å². The fourth-order valence-electron chi connectivity index (χ4n) is 3.36. The van der Waals surface area contributed by atoms with Gasteiger partial charge in [-0.25, -0.2) is 14.9 Å². The summed E-state index contributed by atoms with van der Waals surface area (Å²) < 4.78 is 5.13. The SMILES string of the molecule is COc1ccc(N2C(=O)c3nc4ccc5ccccc5c4nc3C2=O)cc1. The van der Waals surface area contributed by atoms with Crippen LogP contribution in [0, 0.1) is 0 Å². The number of nitrogens with zero attached hydrogens (tertiary/aromatic N) is 3. The highest BCUT2D eigenvalue weighted by atomic mass is 16.5. The van der Waals surface area contributed by atoms with Crippen molar-refractivity contribution in [3.8, 4) is 5.75 Å². The molecule has 5 rings (SSSR count). The molecule has 0 saturated heterocycles. The van der Waals surface area contributed by atoms with Gasteiger partial charge in [0, 0.05) is 5.39 Å². The van der Waals surface area contributed by atoms with Crippen LogP contribution in [0.1, 0.15) is 21.0 Å². The van der Waals surface area contributed by atoms with Crippen LogP contribution in [0.4, 0.5) is 5.69 Å². The van der Waals surface area contributed by atoms with Crippen LogP contribution in [-0.2, 0) is 0 Å². The maximum absolute atomic E-state index is 12.9. The highest BCUT2D eigenvalue weighted by molar-refractivity contribution is 6.33. The number of amides is 2. The minimum absolute atomic E-state index is 0.0820. The van der Waals surface area contributed by atoms with Gasteiger partial charge in [0.15, 0.2) is 11.4 Å². The van der Waals surface area contributed by atoms with Gasteiger partial charge in [-0.2, -0.15) is 0 Å². The number of hydrogen-bond acceptors (Lipinski definition) is 5. The Balaban J connectivity index is 1.69. The van der Waals surface area contributed by atoms with E-state index in [1.165, 1.54) is 0 Å². The van der Waals surface area contributed by atoms with E-state index in [2.05, 4.69) is 9.97 Å². The molecule has 0 spiro atoms. The van der Waals surface area contributed by atoms with Crippen molar-refractivity contribution in [3.05, 3.63) is 72.1 Å². The number of carbonyl (C=O) groups is 2. The molecule has 0 atom stereocenters. The molecule has 0 aliphatic carbocycles. The average Bonchev–Trinajstić information content (AvgIpc) is 2.96. The summed E-state index contributed by atoms with van der Waals surface area (Å²) in [5.74, 6) is -0.297. The van der Waals surface area contributed by atoms with Gasteiger partial charge in [-0.15, -0.1) is 0 Å². The van der Waals surface area contributed by atoms with Gasteiger partial charge < -0.3 is 4.74 Å². The molecule has 0 radical (unpaired) electrons. The molecule has 1 aromatic heterocycles. The number of methoxy groups -OCH3 is 1. The largest absolute Gasteiger partial charge is 0.497 e. The molecule has 6 heteroatoms. The van der Waals surface area contributed by atoms with Crippen LogP contribution in [-0.4, -0.2) is 28.9 Å². The zero-order valence-electron chi connectivity index (χ0n) is 14.3. The molecule has 0 fully saturated rings. The van der Waals surface area contributed by atoms with E-state index in [1.54, 1.807) is 31.4 Å². The summed E-state index contributed by atoms with van der Waals surface area (Å²) in [6.45, 7) is 0. The van der Waals surface area contributed by atoms with Crippen LogP contribution in [0.3, 0.4) is 0 Å². The Morgan fingerprint density at radius 3 is 2.26 bits per heavy atom. The predicted molar refractivity (Wildman–Crippen MR) is 101 cm³/mol. The van der Waals surface area contributed by atoms with Gasteiger partial charge in [-0.3, -0.25) is 9.59 Å². The van der Waals surface area contributed by atoms with E-state index in [0.29, 0.717) is 22.5 Å². The summed E-state index contributed by atoms with van der Waals surface area (Å²) in [5, 5.41) is 1.90. The number of ether oxygens (including phenoxy) is 1. The molecule has 2 amide bonds. The number of imide groups is 1. The van der Waals surface area contributed by atoms with E-state index in [1.807, 2.05) is 36.4 Å². The molecule has 1 aliphatic heterocycles. The first kappa shape index (κ1) is 15.5. The van der Waals surface area contributed by atoms with Crippen LogP contribution in [0.5, 0.6) is 5.75 Å². The molecular formula is C21H13N3O3. The van der Waals surface area contributed by atoms with Crippen molar-refractivity contribution in [3.63, 3.8) is 0 Å². The van der Waals surface area contributed by atoms with Gasteiger partial charge >= 0.3 is 0 Å². The Morgan fingerprint density at radius 2 is 1.52 bits per heavy atom. The Hall–Kier alpha value is -3.80. The first-order chi connectivity index (χ1) is 13.2. The highest BCUT2D eigenvalue weighted by Crippen LogP contribution is 2.30. The Morgan fingerprint density at radius 1 is 0.815 bits per heavy atom. The van der Waals surface area contributed by atoms with Gasteiger partial charge in [-0.1, -0.05) is 30.3 Å². The van der Waals surface area contributed by atoms with Gasteiger partial charge in [0.05, 0.1) is 23.8 Å². The van der Waals surface area contributed by atoms with Gasteiger partial charge in [0.1, 0.15) is 5.75 Å². The van der Waals surface area contributed by atoms with Gasteiger partial charge in [0.25, 0.3) is 11.8 Å². The third kappa shape index (κ3) is 2.20. The smallest absolute Gasteiger partial charge is 0.286 e. The van der Waals surface area contributed by atoms with E-state index in [0.717, 1.165) is 15.7 Å². The number of rotatable bonds is 2. The lowest BCUT2D eigenvalue weighted by Gasteiger charge is -2.13. The summed E-state index contributed by atoms with van der Waals surface area (Å²) in [6.07, 6.45) is 0. The topological polar surface area (TPSA) is 72.4 Å². The summed E-state index contributed by atoms with van der Waals surface area (Å²) in [6, 6.07) is 18.2. The molecule has 2 heterocycles. The Labute approximate surface area is 154 Å². The molecule has 130 valence electrons. The van der Waals surface area contributed by atoms with Crippen molar-refractivity contribution in [2.24, 2.45) is 0 Å². The normalized spacial score (nSPS) is 13.4. The fraction of sp³-hybridized carbons (Fsp3) is 0.0476. The molecule has 4 aromatic rings. The van der Waals surface area contributed by atoms with E-state index < -0.39 is 11.8 Å². The van der Waals surface area contributed by atoms with Crippen molar-refractivity contribution in [2.45, 2.75) is 0 Å². The maximum atomic E-state index is 12.9. The molecular weight excluding hydrogens is 342 g/mol. The number of anilines is 1. The first-order valence-electron chi connectivity index (χ1n) is 8.40. The first-order valence-corrected chi connectivity index (χ1v) is 8.40. The summed E-state index contributed by atoms with van der Waals surface area (Å²) in [5.41, 5.74) is 1.83. The Bertz CT molecular complexity index is 1250. The van der Waals surface area contributed by atoms with Crippen LogP contribution in [0.2, 0.25) is 0 Å². The van der Waals surface area contributed by atoms with E-state index in [-0.39, 0.29) is 11.4 Å². The standard InChI is InChI=1S/C21H13N3O3/c1-27-14-9-7-13(8-10-14)24-20(25)18-19(21(24)26)23-17-15-5-3-2-4-12(15)6-11-16(17)22-18/h2-11H,1H3. The second-order valence-electron chi connectivity index (χ2n) is 6.22. The van der Waals surface area contributed by atoms with Crippen LogP contribution >= 0.6 is 0 Å². The zero-order valence-corrected chi connectivity index (χ0v) is 14.3. The third-order valence-electron chi connectivity index (χ3n) is 4.70. The lowest BCUT2D eigenvalue weighted by molar-refractivity contribution is 0.0923. The third-order valence-corrected chi connectivity index (χ3v) is 4.70. The number of hydrogen-bond donors (Lipinski definition) is 0. The minimum Gasteiger partial charge on any atom is -0.497 e. The molecule has 0 bridgehead atoms. The van der Waals surface area contributed by atoms with Crippen molar-refractivity contribution in [1.82, 2.24) is 9.97 Å². The highest BCUT2D eigenvalue weighted by Gasteiger charge is 2.40. The minimum atomic E-state index is -0.470. The van der Waals surface area contributed by atoms with Gasteiger partial charge in [0.2, 0.25) is 0 Å². The van der Waals surface area contributed by atoms with Crippen LogP contribution in [0.15, 0.2) is 60.7 Å². The van der Waals surface area contributed by atoms with E-state index in [4.69, 9.17) is 4.74 Å². The number of aromatic nitrogens is 2. The second-order valence-corrected chi connectivity index (χ2v) is 6.22. The molecule has 1 aliphatic rings.